The first-order chi connectivity index (χ1) is 35.0. The molecule has 0 rings (SSSR count). The van der Waals surface area contributed by atoms with Crippen molar-refractivity contribution < 1.29 is 28.6 Å². The third-order valence-electron chi connectivity index (χ3n) is 11.3. The predicted molar refractivity (Wildman–Crippen MR) is 306 cm³/mol. The van der Waals surface area contributed by atoms with Crippen molar-refractivity contribution in [3.05, 3.63) is 146 Å². The molecule has 0 heterocycles. The molecular weight excluding hydrogens is 877 g/mol. The van der Waals surface area contributed by atoms with Crippen molar-refractivity contribution in [1.29, 1.82) is 0 Å². The van der Waals surface area contributed by atoms with Crippen LogP contribution in [0.15, 0.2) is 146 Å². The Morgan fingerprint density at radius 2 is 0.549 bits per heavy atom. The van der Waals surface area contributed by atoms with E-state index in [1.54, 1.807) is 0 Å². The van der Waals surface area contributed by atoms with Gasteiger partial charge < -0.3 is 14.2 Å². The van der Waals surface area contributed by atoms with Crippen molar-refractivity contribution in [2.75, 3.05) is 13.2 Å². The van der Waals surface area contributed by atoms with Gasteiger partial charge in [0.15, 0.2) is 6.10 Å². The van der Waals surface area contributed by atoms with Crippen LogP contribution in [0.2, 0.25) is 0 Å². The van der Waals surface area contributed by atoms with Gasteiger partial charge in [0.1, 0.15) is 13.2 Å². The summed E-state index contributed by atoms with van der Waals surface area (Å²) in [6.07, 6.45) is 82.7. The number of allylic oxidation sites excluding steroid dienone is 24. The highest BCUT2D eigenvalue weighted by atomic mass is 16.6. The van der Waals surface area contributed by atoms with E-state index in [2.05, 4.69) is 167 Å². The highest BCUT2D eigenvalue weighted by Gasteiger charge is 2.19. The molecular formula is C65H102O6. The smallest absolute Gasteiger partial charge is 0.306 e. The summed E-state index contributed by atoms with van der Waals surface area (Å²) in [5.74, 6) is -0.993. The number of carbonyl (C=O) groups is 3. The van der Waals surface area contributed by atoms with Crippen molar-refractivity contribution in [2.45, 2.75) is 232 Å². The van der Waals surface area contributed by atoms with Crippen LogP contribution in [-0.2, 0) is 28.6 Å². The van der Waals surface area contributed by atoms with Crippen LogP contribution in [-0.4, -0.2) is 37.2 Å². The Kier molecular flexibility index (Phi) is 54.0. The van der Waals surface area contributed by atoms with Crippen molar-refractivity contribution in [2.24, 2.45) is 0 Å². The third kappa shape index (κ3) is 56.1. The number of carbonyl (C=O) groups excluding carboxylic acids is 3. The van der Waals surface area contributed by atoms with E-state index in [4.69, 9.17) is 14.2 Å². The molecule has 1 unspecified atom stereocenters. The Labute approximate surface area is 436 Å². The maximum absolute atomic E-state index is 12.8. The van der Waals surface area contributed by atoms with Gasteiger partial charge in [-0.15, -0.1) is 0 Å². The van der Waals surface area contributed by atoms with Crippen LogP contribution in [0.5, 0.6) is 0 Å². The summed E-state index contributed by atoms with van der Waals surface area (Å²) in [7, 11) is 0. The third-order valence-corrected chi connectivity index (χ3v) is 11.3. The molecule has 1 atom stereocenters. The second kappa shape index (κ2) is 57.9. The lowest BCUT2D eigenvalue weighted by atomic mass is 10.1. The quantitative estimate of drug-likeness (QED) is 0.0262. The van der Waals surface area contributed by atoms with Crippen LogP contribution >= 0.6 is 0 Å². The Balaban J connectivity index is 4.44. The minimum absolute atomic E-state index is 0.111. The summed E-state index contributed by atoms with van der Waals surface area (Å²) in [4.78, 5) is 38.1. The van der Waals surface area contributed by atoms with Crippen LogP contribution in [0.25, 0.3) is 0 Å². The van der Waals surface area contributed by atoms with E-state index in [-0.39, 0.29) is 31.1 Å². The van der Waals surface area contributed by atoms with Crippen molar-refractivity contribution in [3.8, 4) is 0 Å². The van der Waals surface area contributed by atoms with Crippen LogP contribution in [0.4, 0.5) is 0 Å². The normalized spacial score (nSPS) is 13.2. The molecule has 0 N–H and O–H groups in total. The molecule has 0 saturated carbocycles. The predicted octanol–water partition coefficient (Wildman–Crippen LogP) is 19.2. The number of rotatable bonds is 49. The van der Waals surface area contributed by atoms with Gasteiger partial charge in [-0.1, -0.05) is 218 Å². The summed E-state index contributed by atoms with van der Waals surface area (Å²) in [6, 6.07) is 0. The van der Waals surface area contributed by atoms with Gasteiger partial charge >= 0.3 is 17.9 Å². The summed E-state index contributed by atoms with van der Waals surface area (Å²) in [5.41, 5.74) is 0. The van der Waals surface area contributed by atoms with Crippen LogP contribution in [0.3, 0.4) is 0 Å². The molecule has 6 heteroatoms. The molecule has 0 bridgehead atoms. The number of hydrogen-bond acceptors (Lipinski definition) is 6. The molecule has 0 amide bonds. The van der Waals surface area contributed by atoms with Gasteiger partial charge in [0.05, 0.1) is 0 Å². The van der Waals surface area contributed by atoms with Gasteiger partial charge in [0.25, 0.3) is 0 Å². The Morgan fingerprint density at radius 3 is 0.887 bits per heavy atom. The summed E-state index contributed by atoms with van der Waals surface area (Å²) in [6.45, 7) is 6.31. The second-order valence-corrected chi connectivity index (χ2v) is 18.1. The van der Waals surface area contributed by atoms with Gasteiger partial charge in [-0.2, -0.15) is 0 Å². The maximum Gasteiger partial charge on any atom is 0.306 e. The molecule has 0 aliphatic rings. The zero-order chi connectivity index (χ0) is 51.4. The molecule has 0 spiro atoms. The van der Waals surface area contributed by atoms with E-state index in [0.29, 0.717) is 25.7 Å². The zero-order valence-electron chi connectivity index (χ0n) is 45.4. The van der Waals surface area contributed by atoms with Crippen LogP contribution in [0, 0.1) is 0 Å². The number of unbranched alkanes of at least 4 members (excludes halogenated alkanes) is 14. The monoisotopic (exact) mass is 979 g/mol. The topological polar surface area (TPSA) is 78.9 Å². The van der Waals surface area contributed by atoms with E-state index in [0.717, 1.165) is 167 Å². The van der Waals surface area contributed by atoms with Gasteiger partial charge in [-0.25, -0.2) is 0 Å². The Bertz CT molecular complexity index is 1590. The number of ether oxygens (including phenoxy) is 3. The molecule has 0 aliphatic carbocycles. The highest BCUT2D eigenvalue weighted by molar-refractivity contribution is 5.71. The zero-order valence-corrected chi connectivity index (χ0v) is 45.4. The lowest BCUT2D eigenvalue weighted by Gasteiger charge is -2.18. The Morgan fingerprint density at radius 1 is 0.296 bits per heavy atom. The Hall–Kier alpha value is -4.71. The molecule has 0 saturated heterocycles. The summed E-state index contributed by atoms with van der Waals surface area (Å²) in [5, 5.41) is 0. The van der Waals surface area contributed by atoms with E-state index in [9.17, 15) is 14.4 Å². The fourth-order valence-corrected chi connectivity index (χ4v) is 7.06. The van der Waals surface area contributed by atoms with Crippen molar-refractivity contribution in [3.63, 3.8) is 0 Å². The first kappa shape index (κ1) is 66.3. The lowest BCUT2D eigenvalue weighted by Crippen LogP contribution is -2.30. The van der Waals surface area contributed by atoms with Gasteiger partial charge in [-0.3, -0.25) is 14.4 Å². The number of esters is 3. The minimum atomic E-state index is -0.815. The molecule has 0 aromatic heterocycles. The molecule has 6 nitrogen and oxygen atoms in total. The second-order valence-electron chi connectivity index (χ2n) is 18.1. The van der Waals surface area contributed by atoms with Crippen LogP contribution < -0.4 is 0 Å². The lowest BCUT2D eigenvalue weighted by molar-refractivity contribution is -0.167. The van der Waals surface area contributed by atoms with Gasteiger partial charge in [0.2, 0.25) is 0 Å². The largest absolute Gasteiger partial charge is 0.462 e. The fraction of sp³-hybridized carbons (Fsp3) is 0.585. The molecule has 0 aromatic carbocycles. The van der Waals surface area contributed by atoms with Gasteiger partial charge in [0, 0.05) is 19.3 Å². The van der Waals surface area contributed by atoms with Crippen molar-refractivity contribution >= 4 is 17.9 Å². The van der Waals surface area contributed by atoms with Crippen LogP contribution in [0.1, 0.15) is 226 Å². The number of hydrogen-bond donors (Lipinski definition) is 0. The molecule has 0 aliphatic heterocycles. The van der Waals surface area contributed by atoms with Gasteiger partial charge in [-0.05, 0) is 135 Å². The maximum atomic E-state index is 12.8. The SMILES string of the molecule is CC/C=C\C/C=C\C/C=C\C/C=C\C/C=C\C/C=C\C/C=C\C/C=C\CCCCC(=O)OCC(COC(=O)CCCCCCC/C=C\C/C=C\CCC)OC(=O)CCCCCCC/C=C\C/C=C\CCC. The summed E-state index contributed by atoms with van der Waals surface area (Å²) < 4.78 is 16.8. The molecule has 71 heavy (non-hydrogen) atoms. The van der Waals surface area contributed by atoms with E-state index < -0.39 is 6.10 Å². The molecule has 0 aromatic rings. The van der Waals surface area contributed by atoms with E-state index in [1.165, 1.54) is 12.8 Å². The molecule has 398 valence electrons. The fourth-order valence-electron chi connectivity index (χ4n) is 7.06. The molecule has 0 radical (unpaired) electrons. The van der Waals surface area contributed by atoms with Crippen molar-refractivity contribution in [1.82, 2.24) is 0 Å². The van der Waals surface area contributed by atoms with E-state index >= 15 is 0 Å². The first-order valence-electron chi connectivity index (χ1n) is 28.3. The standard InChI is InChI=1S/C65H102O6/c1-4-7-10-13-16-19-22-25-26-27-28-29-30-31-32-33-34-35-36-37-38-41-43-46-49-52-55-58-64(67)70-61-62(71-65(68)59-56-53-50-47-44-40-24-21-18-15-12-9-6-3)60-69-63(66)57-54-51-48-45-42-39-23-20-17-14-11-8-5-2/h7,10-12,14-16,19-21,23-26,28-29,31-32,34-35,37-38,43,46,62H,4-6,8-9,13,17-18,22,27,30,33,36,39-42,44-45,47-61H2,1-3H3/b10-7-,14-11-,15-12-,19-16-,23-20-,24-21-,26-25-,29-28-,32-31-,35-34-,38-37-,46-43-. The average Bonchev–Trinajstić information content (AvgIpc) is 3.37. The summed E-state index contributed by atoms with van der Waals surface area (Å²) >= 11 is 0. The average molecular weight is 980 g/mol. The van der Waals surface area contributed by atoms with E-state index in [1.807, 2.05) is 0 Å². The molecule has 0 fully saturated rings. The minimum Gasteiger partial charge on any atom is -0.462 e. The highest BCUT2D eigenvalue weighted by Crippen LogP contribution is 2.12. The first-order valence-corrected chi connectivity index (χ1v) is 28.3.